The van der Waals surface area contributed by atoms with Gasteiger partial charge in [0.2, 0.25) is 0 Å². The fraction of sp³-hybridized carbons (Fsp3) is 0.404. The van der Waals surface area contributed by atoms with Gasteiger partial charge < -0.3 is 47.4 Å². The lowest BCUT2D eigenvalue weighted by molar-refractivity contribution is -0.389. The summed E-state index contributed by atoms with van der Waals surface area (Å²) >= 11 is 0. The van der Waals surface area contributed by atoms with E-state index in [0.717, 1.165) is 6.04 Å². The zero-order chi connectivity index (χ0) is 43.8. The van der Waals surface area contributed by atoms with Crippen molar-refractivity contribution in [2.45, 2.75) is 107 Å². The van der Waals surface area contributed by atoms with Crippen molar-refractivity contribution < 1.29 is 66.5 Å². The monoisotopic (exact) mass is 868 g/mol. The molecule has 0 spiro atoms. The molecule has 0 unspecified atom stereocenters. The van der Waals surface area contributed by atoms with Crippen molar-refractivity contribution in [2.24, 2.45) is 0 Å². The van der Waals surface area contributed by atoms with Crippen LogP contribution in [0.3, 0.4) is 0 Å². The zero-order valence-electron chi connectivity index (χ0n) is 35.2. The molecule has 0 bridgehead atoms. The van der Waals surface area contributed by atoms with Gasteiger partial charge in [-0.3, -0.25) is 4.79 Å². The van der Waals surface area contributed by atoms with E-state index >= 15 is 0 Å². The van der Waals surface area contributed by atoms with E-state index in [1.165, 1.54) is 6.92 Å². The van der Waals surface area contributed by atoms with Crippen LogP contribution in [0.25, 0.3) is 0 Å². The van der Waals surface area contributed by atoms with E-state index in [1.807, 2.05) is 30.3 Å². The zero-order valence-corrected chi connectivity index (χ0v) is 36.2. The van der Waals surface area contributed by atoms with Crippen LogP contribution < -0.4 is 0 Å². The standard InChI is InChI=1S/C47H52O14Si/c1-29-36(55-30(2)48)38(57-42(49)31-18-10-6-11-19-31)41(59-44(51)33-22-14-8-15-23-33)47(54-29)61-39-37-35(28-53-45(60-37)34-24-16-9-17-25-34)56-46(52-26-27-62(3,4)5)40(39)58-43(50)32-20-12-7-13-21-32/h6-25,29,35-41,45-47H,26-28H2,1-5H3/t29-,35+,36-,37-,38+,39-,40+,41+,45-,46+,47-/m0/s1. The molecule has 14 nitrogen and oxygen atoms in total. The Morgan fingerprint density at radius 3 is 1.56 bits per heavy atom. The van der Waals surface area contributed by atoms with Crippen molar-refractivity contribution in [2.75, 3.05) is 13.2 Å². The van der Waals surface area contributed by atoms with E-state index in [4.69, 9.17) is 47.4 Å². The first-order valence-corrected chi connectivity index (χ1v) is 24.4. The van der Waals surface area contributed by atoms with Crippen molar-refractivity contribution in [3.63, 3.8) is 0 Å². The van der Waals surface area contributed by atoms with E-state index in [1.54, 1.807) is 97.9 Å². The fourth-order valence-electron chi connectivity index (χ4n) is 7.37. The summed E-state index contributed by atoms with van der Waals surface area (Å²) in [5.41, 5.74) is 1.35. The van der Waals surface area contributed by atoms with Crippen LogP contribution in [-0.2, 0) is 52.2 Å². The molecule has 3 saturated heterocycles. The average molecular weight is 869 g/mol. The number of esters is 4. The molecule has 15 heteroatoms. The number of hydrogen-bond donors (Lipinski definition) is 0. The second kappa shape index (κ2) is 20.3. The minimum atomic E-state index is -1.62. The average Bonchev–Trinajstić information content (AvgIpc) is 3.27. The van der Waals surface area contributed by atoms with Crippen LogP contribution in [0.1, 0.15) is 56.8 Å². The van der Waals surface area contributed by atoms with Gasteiger partial charge in [0.05, 0.1) is 29.4 Å². The number of benzene rings is 4. The second-order valence-corrected chi connectivity index (χ2v) is 22.1. The number of ether oxygens (including phenoxy) is 10. The van der Waals surface area contributed by atoms with Crippen LogP contribution in [0.4, 0.5) is 0 Å². The smallest absolute Gasteiger partial charge is 0.338 e. The largest absolute Gasteiger partial charge is 0.456 e. The number of hydrogen-bond acceptors (Lipinski definition) is 14. The summed E-state index contributed by atoms with van der Waals surface area (Å²) in [7, 11) is -1.62. The van der Waals surface area contributed by atoms with E-state index < -0.39 is 99.7 Å². The third-order valence-electron chi connectivity index (χ3n) is 10.6. The molecule has 0 radical (unpaired) electrons. The molecular formula is C47H52O14Si. The molecule has 4 aromatic rings. The van der Waals surface area contributed by atoms with Crippen molar-refractivity contribution in [3.8, 4) is 0 Å². The first-order chi connectivity index (χ1) is 29.8. The molecule has 3 aliphatic heterocycles. The molecule has 62 heavy (non-hydrogen) atoms. The minimum Gasteiger partial charge on any atom is -0.456 e. The highest BCUT2D eigenvalue weighted by molar-refractivity contribution is 6.76. The highest BCUT2D eigenvalue weighted by atomic mass is 28.3. The summed E-state index contributed by atoms with van der Waals surface area (Å²) in [6.45, 7) is 9.77. The Hall–Kier alpha value is -5.26. The molecule has 3 aliphatic rings. The van der Waals surface area contributed by atoms with Crippen molar-refractivity contribution in [1.82, 2.24) is 0 Å². The Morgan fingerprint density at radius 1 is 0.581 bits per heavy atom. The topological polar surface area (TPSA) is 161 Å². The SMILES string of the molecule is CC(=O)O[C@@H]1[C@@H](OC(=O)c2ccccc2)[C@@H](OC(=O)c2ccccc2)[C@H](O[C@H]2[C@H]3O[C@@H](c4ccccc4)OC[C@H]3O[C@@H](OCC[Si](C)(C)C)[C@@H]2OC(=O)c2ccccc2)O[C@H]1C. The maximum absolute atomic E-state index is 14.0. The van der Waals surface area contributed by atoms with Crippen LogP contribution in [0, 0.1) is 0 Å². The van der Waals surface area contributed by atoms with Crippen molar-refractivity contribution >= 4 is 32.0 Å². The second-order valence-electron chi connectivity index (χ2n) is 16.5. The lowest BCUT2D eigenvalue weighted by Crippen LogP contribution is -2.67. The summed E-state index contributed by atoms with van der Waals surface area (Å²) in [5, 5.41) is 0. The number of rotatable bonds is 14. The van der Waals surface area contributed by atoms with E-state index in [0.29, 0.717) is 5.56 Å². The van der Waals surface area contributed by atoms with E-state index in [-0.39, 0.29) is 29.9 Å². The number of carbonyl (C=O) groups excluding carboxylic acids is 4. The summed E-state index contributed by atoms with van der Waals surface area (Å²) < 4.78 is 63.7. The van der Waals surface area contributed by atoms with Crippen molar-refractivity contribution in [1.29, 1.82) is 0 Å². The van der Waals surface area contributed by atoms with Gasteiger partial charge in [-0.15, -0.1) is 0 Å². The van der Waals surface area contributed by atoms with Gasteiger partial charge in [-0.1, -0.05) is 105 Å². The normalized spacial score (nSPS) is 28.4. The maximum atomic E-state index is 14.0. The van der Waals surface area contributed by atoms with Crippen LogP contribution in [-0.4, -0.2) is 107 Å². The molecule has 11 atom stereocenters. The Morgan fingerprint density at radius 2 is 1.06 bits per heavy atom. The molecule has 0 amide bonds. The van der Waals surface area contributed by atoms with Crippen LogP contribution in [0.15, 0.2) is 121 Å². The van der Waals surface area contributed by atoms with Crippen LogP contribution in [0.2, 0.25) is 25.7 Å². The Kier molecular flexibility index (Phi) is 14.7. The predicted octanol–water partition coefficient (Wildman–Crippen LogP) is 6.92. The summed E-state index contributed by atoms with van der Waals surface area (Å²) in [6.07, 6.45) is -13.3. The maximum Gasteiger partial charge on any atom is 0.338 e. The molecule has 0 N–H and O–H groups in total. The van der Waals surface area contributed by atoms with E-state index in [2.05, 4.69) is 19.6 Å². The first kappa shape index (κ1) is 44.8. The highest BCUT2D eigenvalue weighted by Crippen LogP contribution is 2.40. The van der Waals surface area contributed by atoms with Gasteiger partial charge >= 0.3 is 23.9 Å². The molecule has 3 fully saturated rings. The van der Waals surface area contributed by atoms with Gasteiger partial charge in [0, 0.05) is 27.2 Å². The predicted molar refractivity (Wildman–Crippen MR) is 224 cm³/mol. The molecule has 0 aromatic heterocycles. The lowest BCUT2D eigenvalue weighted by atomic mass is 9.95. The third kappa shape index (κ3) is 11.2. The Bertz CT molecular complexity index is 2100. The summed E-state index contributed by atoms with van der Waals surface area (Å²) in [6, 6.07) is 34.9. The van der Waals surface area contributed by atoms with Gasteiger partial charge in [-0.05, 0) is 49.4 Å². The van der Waals surface area contributed by atoms with Crippen LogP contribution >= 0.6 is 0 Å². The van der Waals surface area contributed by atoms with E-state index in [9.17, 15) is 19.2 Å². The molecule has 4 aromatic carbocycles. The molecular weight excluding hydrogens is 817 g/mol. The molecule has 328 valence electrons. The highest BCUT2D eigenvalue weighted by Gasteiger charge is 2.58. The number of fused-ring (bicyclic) bond motifs is 1. The van der Waals surface area contributed by atoms with Crippen molar-refractivity contribution in [3.05, 3.63) is 144 Å². The Labute approximate surface area is 361 Å². The summed E-state index contributed by atoms with van der Waals surface area (Å²) in [4.78, 5) is 54.4. The first-order valence-electron chi connectivity index (χ1n) is 20.7. The fourth-order valence-corrected chi connectivity index (χ4v) is 8.10. The molecule has 0 saturated carbocycles. The quantitative estimate of drug-likeness (QED) is 0.0730. The minimum absolute atomic E-state index is 0.0392. The van der Waals surface area contributed by atoms with Gasteiger partial charge in [-0.25, -0.2) is 14.4 Å². The molecule has 0 aliphatic carbocycles. The van der Waals surface area contributed by atoms with Gasteiger partial charge in [0.15, 0.2) is 43.3 Å². The van der Waals surface area contributed by atoms with Crippen LogP contribution in [0.5, 0.6) is 0 Å². The Balaban J connectivity index is 1.31. The van der Waals surface area contributed by atoms with Gasteiger partial charge in [-0.2, -0.15) is 0 Å². The van der Waals surface area contributed by atoms with Gasteiger partial charge in [0.25, 0.3) is 0 Å². The third-order valence-corrected chi connectivity index (χ3v) is 12.3. The van der Waals surface area contributed by atoms with Gasteiger partial charge in [0.1, 0.15) is 18.3 Å². The summed E-state index contributed by atoms with van der Waals surface area (Å²) in [5.74, 6) is -2.97. The lowest BCUT2D eigenvalue weighted by Gasteiger charge is -2.51. The number of carbonyl (C=O) groups is 4. The molecule has 7 rings (SSSR count). The molecule has 3 heterocycles.